The van der Waals surface area contributed by atoms with Crippen molar-refractivity contribution in [1.29, 1.82) is 0 Å². The molecule has 0 bridgehead atoms. The summed E-state index contributed by atoms with van der Waals surface area (Å²) in [5, 5.41) is 0. The van der Waals surface area contributed by atoms with E-state index in [1.165, 1.54) is 0 Å². The van der Waals surface area contributed by atoms with Crippen molar-refractivity contribution in [2.75, 3.05) is 0 Å². The van der Waals surface area contributed by atoms with Gasteiger partial charge in [0, 0.05) is 0 Å². The van der Waals surface area contributed by atoms with Gasteiger partial charge in [0.05, 0.1) is 0 Å². The van der Waals surface area contributed by atoms with Gasteiger partial charge in [0.25, 0.3) is 0 Å². The van der Waals surface area contributed by atoms with Crippen LogP contribution >= 0.6 is 0 Å². The molecule has 0 N–H and O–H groups in total. The Labute approximate surface area is 101 Å². The summed E-state index contributed by atoms with van der Waals surface area (Å²) in [6, 6.07) is 0. The molecule has 5 heavy (non-hydrogen) atoms. The molecule has 0 aliphatic heterocycles. The van der Waals surface area contributed by atoms with E-state index in [2.05, 4.69) is 0 Å². The van der Waals surface area contributed by atoms with Gasteiger partial charge in [-0.2, -0.15) is 0 Å². The van der Waals surface area contributed by atoms with E-state index < -0.39 is 0 Å². The van der Waals surface area contributed by atoms with Gasteiger partial charge in [-0.1, -0.05) is 0 Å². The van der Waals surface area contributed by atoms with Crippen LogP contribution in [0.3, 0.4) is 0 Å². The molecule has 0 aromatic heterocycles. The molecule has 0 fully saturated rings. The zero-order valence-electron chi connectivity index (χ0n) is 2.84. The normalized spacial score (nSPS) is 0. The second-order valence-corrected chi connectivity index (χ2v) is 0. The van der Waals surface area contributed by atoms with Gasteiger partial charge in [-0.15, -0.1) is 0 Å². The quantitative estimate of drug-likeness (QED) is 0.290. The third-order valence-corrected chi connectivity index (χ3v) is 0. The monoisotopic (exact) mass is 136 g/mol. The minimum atomic E-state index is 0. The molecular weight excluding hydrogens is 136 g/mol. The molecule has 0 heterocycles. The second-order valence-electron chi connectivity index (χ2n) is 0. The predicted molar refractivity (Wildman–Crippen MR) is 5.75 cm³/mol. The third kappa shape index (κ3) is 20.3. The van der Waals surface area contributed by atoms with Crippen LogP contribution in [0.15, 0.2) is 0 Å². The fourth-order valence-electron chi connectivity index (χ4n) is 0. The minimum absolute atomic E-state index is 0. The van der Waals surface area contributed by atoms with Crippen molar-refractivity contribution in [3.63, 3.8) is 0 Å². The zero-order chi connectivity index (χ0) is 0. The van der Waals surface area contributed by atoms with Crippen LogP contribution in [0.25, 0.3) is 0 Å². The van der Waals surface area contributed by atoms with E-state index in [-0.39, 0.29) is 103 Å². The van der Waals surface area contributed by atoms with Crippen LogP contribution in [0.4, 0.5) is 0 Å². The Hall–Kier alpha value is 2.69. The van der Waals surface area contributed by atoms with Crippen molar-refractivity contribution in [2.45, 2.75) is 0 Å². The molecule has 0 atom stereocenters. The first kappa shape index (κ1) is 47.6. The standard InChI is InChI=1S/Ca.3FH.K/h;3*1H;/q+2;;;;+1/p-3. The number of hydrogen-bond donors (Lipinski definition) is 0. The smallest absolute Gasteiger partial charge is 1.00 e. The van der Waals surface area contributed by atoms with Crippen molar-refractivity contribution in [2.24, 2.45) is 0 Å². The Balaban J connectivity index is 0. The maximum Gasteiger partial charge on any atom is 2.00 e. The first-order chi connectivity index (χ1) is 0. The van der Waals surface area contributed by atoms with Crippen molar-refractivity contribution in [3.05, 3.63) is 0 Å². The van der Waals surface area contributed by atoms with E-state index in [0.29, 0.717) is 0 Å². The van der Waals surface area contributed by atoms with Gasteiger partial charge < -0.3 is 14.1 Å². The predicted octanol–water partition coefficient (Wildman–Crippen LogP) is -12.4. The maximum atomic E-state index is 0. The van der Waals surface area contributed by atoms with Gasteiger partial charge >= 0.3 is 89.1 Å². The Bertz CT molecular complexity index is 6.85. The van der Waals surface area contributed by atoms with Gasteiger partial charge in [0.2, 0.25) is 0 Å². The van der Waals surface area contributed by atoms with Crippen LogP contribution in [0, 0.1) is 0 Å². The molecule has 0 aliphatic carbocycles. The number of hydrogen-bond acceptors (Lipinski definition) is 0. The summed E-state index contributed by atoms with van der Waals surface area (Å²) in [6.45, 7) is 0. The molecule has 0 aromatic carbocycles. The maximum absolute atomic E-state index is 0. The molecule has 0 radical (unpaired) electrons. The molecule has 0 nitrogen and oxygen atoms in total. The fourth-order valence-corrected chi connectivity index (χ4v) is 0. The van der Waals surface area contributed by atoms with E-state index in [1.807, 2.05) is 0 Å². The molecular formula is CaF3K. The summed E-state index contributed by atoms with van der Waals surface area (Å²) in [5.74, 6) is 0. The molecule has 0 rings (SSSR count). The third-order valence-electron chi connectivity index (χ3n) is 0. The molecule has 5 heteroatoms. The number of rotatable bonds is 0. The first-order valence-electron chi connectivity index (χ1n) is 0. The average Bonchev–Trinajstić information content (AvgIpc) is 0. The molecule has 0 spiro atoms. The van der Waals surface area contributed by atoms with Crippen molar-refractivity contribution >= 4 is 37.7 Å². The number of halogens is 3. The van der Waals surface area contributed by atoms with Crippen molar-refractivity contribution in [1.82, 2.24) is 0 Å². The Morgan fingerprint density at radius 1 is 0.600 bits per heavy atom. The molecule has 0 aliphatic rings. The molecule has 0 saturated heterocycles. The SMILES string of the molecule is [Ca+2].[F-].[F-].[F-].[K+]. The summed E-state index contributed by atoms with van der Waals surface area (Å²) in [7, 11) is 0. The summed E-state index contributed by atoms with van der Waals surface area (Å²) in [5.41, 5.74) is 0. The van der Waals surface area contributed by atoms with Gasteiger partial charge in [-0.25, -0.2) is 0 Å². The molecule has 0 unspecified atom stereocenters. The van der Waals surface area contributed by atoms with Crippen LogP contribution in [0.1, 0.15) is 0 Å². The van der Waals surface area contributed by atoms with Crippen LogP contribution in [0.5, 0.6) is 0 Å². The largest absolute Gasteiger partial charge is 2.00 e. The summed E-state index contributed by atoms with van der Waals surface area (Å²) in [4.78, 5) is 0. The van der Waals surface area contributed by atoms with Gasteiger partial charge in [-0.05, 0) is 0 Å². The van der Waals surface area contributed by atoms with Crippen LogP contribution < -0.4 is 65.5 Å². The van der Waals surface area contributed by atoms with E-state index >= 15 is 0 Å². The topological polar surface area (TPSA) is 0 Å². The Morgan fingerprint density at radius 3 is 0.600 bits per heavy atom. The fraction of sp³-hybridized carbons (Fsp3) is 0. The molecule has 0 amide bonds. The summed E-state index contributed by atoms with van der Waals surface area (Å²) >= 11 is 0. The van der Waals surface area contributed by atoms with Gasteiger partial charge in [0.15, 0.2) is 0 Å². The van der Waals surface area contributed by atoms with Crippen molar-refractivity contribution < 1.29 is 65.5 Å². The van der Waals surface area contributed by atoms with E-state index in [0.717, 1.165) is 0 Å². The molecule has 0 aromatic rings. The van der Waals surface area contributed by atoms with Crippen molar-refractivity contribution in [3.8, 4) is 0 Å². The summed E-state index contributed by atoms with van der Waals surface area (Å²) in [6.07, 6.45) is 0. The molecule has 24 valence electrons. The Morgan fingerprint density at radius 2 is 0.600 bits per heavy atom. The minimum Gasteiger partial charge on any atom is -1.00 e. The Kier molecular flexibility index (Phi) is 285. The van der Waals surface area contributed by atoms with E-state index in [1.54, 1.807) is 0 Å². The van der Waals surface area contributed by atoms with Gasteiger partial charge in [-0.3, -0.25) is 0 Å². The van der Waals surface area contributed by atoms with Gasteiger partial charge in [0.1, 0.15) is 0 Å². The summed E-state index contributed by atoms with van der Waals surface area (Å²) < 4.78 is 0. The average molecular weight is 136 g/mol. The first-order valence-corrected chi connectivity index (χ1v) is 0. The zero-order valence-corrected chi connectivity index (χ0v) is 8.17. The van der Waals surface area contributed by atoms with E-state index in [9.17, 15) is 0 Å². The second kappa shape index (κ2) is 30.0. The van der Waals surface area contributed by atoms with E-state index in [4.69, 9.17) is 0 Å². The van der Waals surface area contributed by atoms with Crippen LogP contribution in [0.2, 0.25) is 0 Å². The van der Waals surface area contributed by atoms with Crippen LogP contribution in [-0.4, -0.2) is 37.7 Å². The van der Waals surface area contributed by atoms with Crippen LogP contribution in [-0.2, 0) is 0 Å². The molecule has 0 saturated carbocycles.